The fraction of sp³-hybridized carbons (Fsp3) is 0.273. The first-order chi connectivity index (χ1) is 14.5. The lowest BCUT2D eigenvalue weighted by molar-refractivity contribution is 0.0934. The molecule has 0 bridgehead atoms. The van der Waals surface area contributed by atoms with Gasteiger partial charge < -0.3 is 24.3 Å². The molecule has 2 aromatic carbocycles. The van der Waals surface area contributed by atoms with Gasteiger partial charge in [-0.2, -0.15) is 5.10 Å². The zero-order valence-corrected chi connectivity index (χ0v) is 17.6. The van der Waals surface area contributed by atoms with Crippen LogP contribution in [0.1, 0.15) is 29.0 Å². The molecule has 0 saturated heterocycles. The zero-order valence-electron chi connectivity index (χ0n) is 17.6. The Bertz CT molecular complexity index is 1030. The van der Waals surface area contributed by atoms with Crippen molar-refractivity contribution in [1.82, 2.24) is 15.5 Å². The maximum atomic E-state index is 12.7. The molecular formula is C22H25N3O5. The molecule has 1 aromatic heterocycles. The highest BCUT2D eigenvalue weighted by Gasteiger charge is 2.18. The van der Waals surface area contributed by atoms with E-state index in [2.05, 4.69) is 15.5 Å². The molecule has 2 N–H and O–H groups in total. The highest BCUT2D eigenvalue weighted by Crippen LogP contribution is 2.33. The molecular weight excluding hydrogens is 386 g/mol. The summed E-state index contributed by atoms with van der Waals surface area (Å²) < 4.78 is 21.2. The van der Waals surface area contributed by atoms with E-state index in [1.54, 1.807) is 46.6 Å². The van der Waals surface area contributed by atoms with Crippen LogP contribution < -0.4 is 24.3 Å². The Morgan fingerprint density at radius 1 is 0.900 bits per heavy atom. The van der Waals surface area contributed by atoms with Crippen LogP contribution in [0.25, 0.3) is 11.3 Å². The third kappa shape index (κ3) is 4.32. The number of nitrogens with zero attached hydrogens (tertiary/aromatic N) is 1. The average Bonchev–Trinajstić information content (AvgIpc) is 3.28. The van der Waals surface area contributed by atoms with Crippen molar-refractivity contribution >= 4 is 5.91 Å². The van der Waals surface area contributed by atoms with Crippen molar-refractivity contribution < 1.29 is 23.7 Å². The predicted octanol–water partition coefficient (Wildman–Crippen LogP) is 3.60. The Kier molecular flexibility index (Phi) is 6.46. The van der Waals surface area contributed by atoms with Crippen LogP contribution in [0.2, 0.25) is 0 Å². The molecule has 1 heterocycles. The van der Waals surface area contributed by atoms with Crippen LogP contribution in [0.5, 0.6) is 23.0 Å². The Morgan fingerprint density at radius 3 is 2.30 bits per heavy atom. The van der Waals surface area contributed by atoms with Crippen LogP contribution in [-0.4, -0.2) is 44.5 Å². The number of rotatable bonds is 8. The summed E-state index contributed by atoms with van der Waals surface area (Å²) in [5, 5.41) is 10.0. The number of nitrogens with one attached hydrogen (secondary N) is 2. The van der Waals surface area contributed by atoms with E-state index in [9.17, 15) is 4.79 Å². The van der Waals surface area contributed by atoms with Crippen LogP contribution in [0, 0.1) is 0 Å². The molecule has 0 saturated carbocycles. The molecule has 0 aliphatic carbocycles. The zero-order chi connectivity index (χ0) is 21.7. The molecule has 8 nitrogen and oxygen atoms in total. The fourth-order valence-electron chi connectivity index (χ4n) is 3.07. The van der Waals surface area contributed by atoms with Crippen molar-refractivity contribution in [3.63, 3.8) is 0 Å². The van der Waals surface area contributed by atoms with Crippen molar-refractivity contribution in [3.05, 3.63) is 53.7 Å². The Balaban J connectivity index is 1.77. The number of hydrogen-bond donors (Lipinski definition) is 2. The number of H-pyrrole nitrogens is 1. The lowest BCUT2D eigenvalue weighted by Crippen LogP contribution is -2.27. The molecule has 3 rings (SSSR count). The number of aromatic nitrogens is 2. The summed E-state index contributed by atoms with van der Waals surface area (Å²) in [6, 6.07) is 12.4. The van der Waals surface area contributed by atoms with Gasteiger partial charge in [0.15, 0.2) is 11.5 Å². The minimum absolute atomic E-state index is 0.250. The minimum atomic E-state index is -0.275. The number of amides is 1. The van der Waals surface area contributed by atoms with Crippen molar-refractivity contribution in [3.8, 4) is 34.3 Å². The number of ether oxygens (including phenoxy) is 4. The highest BCUT2D eigenvalue weighted by atomic mass is 16.5. The summed E-state index contributed by atoms with van der Waals surface area (Å²) in [6.45, 7) is 1.89. The maximum absolute atomic E-state index is 12.7. The van der Waals surface area contributed by atoms with Crippen LogP contribution in [0.15, 0.2) is 42.5 Å². The van der Waals surface area contributed by atoms with Crippen LogP contribution in [0.3, 0.4) is 0 Å². The van der Waals surface area contributed by atoms with E-state index in [0.717, 1.165) is 11.1 Å². The summed E-state index contributed by atoms with van der Waals surface area (Å²) in [7, 11) is 6.31. The molecule has 8 heteroatoms. The van der Waals surface area contributed by atoms with Crippen molar-refractivity contribution in [2.75, 3.05) is 28.4 Å². The van der Waals surface area contributed by atoms with Gasteiger partial charge in [-0.05, 0) is 42.8 Å². The summed E-state index contributed by atoms with van der Waals surface area (Å²) in [6.07, 6.45) is 0. The first-order valence-corrected chi connectivity index (χ1v) is 9.31. The summed E-state index contributed by atoms with van der Waals surface area (Å²) in [4.78, 5) is 12.7. The molecule has 158 valence electrons. The topological polar surface area (TPSA) is 94.7 Å². The fourth-order valence-corrected chi connectivity index (χ4v) is 3.07. The molecule has 0 aliphatic heterocycles. The molecule has 30 heavy (non-hydrogen) atoms. The quantitative estimate of drug-likeness (QED) is 0.588. The number of hydrogen-bond acceptors (Lipinski definition) is 6. The third-order valence-electron chi connectivity index (χ3n) is 4.76. The van der Waals surface area contributed by atoms with E-state index < -0.39 is 0 Å². The maximum Gasteiger partial charge on any atom is 0.269 e. The first-order valence-electron chi connectivity index (χ1n) is 9.31. The first kappa shape index (κ1) is 21.0. The van der Waals surface area contributed by atoms with E-state index in [0.29, 0.717) is 34.4 Å². The van der Waals surface area contributed by atoms with Gasteiger partial charge in [-0.1, -0.05) is 6.07 Å². The smallest absolute Gasteiger partial charge is 0.269 e. The van der Waals surface area contributed by atoms with Crippen LogP contribution >= 0.6 is 0 Å². The van der Waals surface area contributed by atoms with Gasteiger partial charge in [0.05, 0.1) is 40.2 Å². The number of carbonyl (C=O) groups excluding carboxylic acids is 1. The van der Waals surface area contributed by atoms with Crippen LogP contribution in [-0.2, 0) is 0 Å². The highest BCUT2D eigenvalue weighted by molar-refractivity contribution is 5.93. The van der Waals surface area contributed by atoms with Gasteiger partial charge in [-0.25, -0.2) is 0 Å². The van der Waals surface area contributed by atoms with E-state index in [1.165, 1.54) is 0 Å². The average molecular weight is 411 g/mol. The van der Waals surface area contributed by atoms with Gasteiger partial charge in [-0.3, -0.25) is 9.89 Å². The van der Waals surface area contributed by atoms with E-state index in [4.69, 9.17) is 18.9 Å². The summed E-state index contributed by atoms with van der Waals surface area (Å²) >= 11 is 0. The van der Waals surface area contributed by atoms with Gasteiger partial charge >= 0.3 is 0 Å². The Labute approximate surface area is 175 Å². The summed E-state index contributed by atoms with van der Waals surface area (Å²) in [5.74, 6) is 2.24. The standard InChI is InChI=1S/C22H25N3O5/c1-13(14-6-9-19(28-3)21(10-14)30-5)23-22(26)18-12-17(24-25-18)16-8-7-15(27-2)11-20(16)29-4/h6-13H,1-5H3,(H,23,26)(H,24,25). The third-order valence-corrected chi connectivity index (χ3v) is 4.76. The number of aromatic amines is 1. The normalized spacial score (nSPS) is 11.5. The van der Waals surface area contributed by atoms with Gasteiger partial charge in [0.2, 0.25) is 0 Å². The van der Waals surface area contributed by atoms with Crippen molar-refractivity contribution in [2.45, 2.75) is 13.0 Å². The van der Waals surface area contributed by atoms with Gasteiger partial charge in [0, 0.05) is 11.6 Å². The molecule has 1 unspecified atom stereocenters. The molecule has 0 radical (unpaired) electrons. The SMILES string of the molecule is COc1ccc(-c2cc(C(=O)NC(C)c3ccc(OC)c(OC)c3)[nH]n2)c(OC)c1. The molecule has 3 aromatic rings. The second-order valence-corrected chi connectivity index (χ2v) is 6.54. The predicted molar refractivity (Wildman–Crippen MR) is 113 cm³/mol. The summed E-state index contributed by atoms with van der Waals surface area (Å²) in [5.41, 5.74) is 2.58. The second kappa shape index (κ2) is 9.21. The molecule has 0 aliphatic rings. The van der Waals surface area contributed by atoms with Crippen molar-refractivity contribution in [1.29, 1.82) is 0 Å². The van der Waals surface area contributed by atoms with Gasteiger partial charge in [0.25, 0.3) is 5.91 Å². The van der Waals surface area contributed by atoms with Crippen molar-refractivity contribution in [2.24, 2.45) is 0 Å². The van der Waals surface area contributed by atoms with E-state index in [-0.39, 0.29) is 11.9 Å². The largest absolute Gasteiger partial charge is 0.497 e. The number of carbonyl (C=O) groups is 1. The van der Waals surface area contributed by atoms with Gasteiger partial charge in [-0.15, -0.1) is 0 Å². The molecule has 0 fully saturated rings. The Morgan fingerprint density at radius 2 is 1.63 bits per heavy atom. The van der Waals surface area contributed by atoms with Crippen LogP contribution in [0.4, 0.5) is 0 Å². The minimum Gasteiger partial charge on any atom is -0.497 e. The molecule has 1 atom stereocenters. The van der Waals surface area contributed by atoms with Gasteiger partial charge in [0.1, 0.15) is 17.2 Å². The monoisotopic (exact) mass is 411 g/mol. The number of methoxy groups -OCH3 is 4. The lowest BCUT2D eigenvalue weighted by Gasteiger charge is -2.16. The second-order valence-electron chi connectivity index (χ2n) is 6.54. The van der Waals surface area contributed by atoms with E-state index >= 15 is 0 Å². The van der Waals surface area contributed by atoms with E-state index in [1.807, 2.05) is 31.2 Å². The lowest BCUT2D eigenvalue weighted by atomic mass is 10.1. The number of benzene rings is 2. The molecule has 1 amide bonds. The Hall–Kier alpha value is -3.68. The molecule has 0 spiro atoms.